The molecule has 18 heavy (non-hydrogen) atoms. The maximum absolute atomic E-state index is 13.0. The molecule has 3 nitrogen and oxygen atoms in total. The molecule has 0 saturated carbocycles. The van der Waals surface area contributed by atoms with Gasteiger partial charge in [0.05, 0.1) is 5.69 Å². The lowest BCUT2D eigenvalue weighted by molar-refractivity contribution is -0.163. The van der Waals surface area contributed by atoms with E-state index < -0.39 is 35.3 Å². The highest BCUT2D eigenvalue weighted by atomic mass is 19.3. The second-order valence-electron chi connectivity index (χ2n) is 3.15. The molecule has 0 spiro atoms. The summed E-state index contributed by atoms with van der Waals surface area (Å²) in [7, 11) is 0. The third kappa shape index (κ3) is 2.56. The number of carbonyl (C=O) groups excluding carboxylic acids is 1. The third-order valence-corrected chi connectivity index (χ3v) is 1.95. The summed E-state index contributed by atoms with van der Waals surface area (Å²) in [5.74, 6) is -8.28. The molecule has 0 radical (unpaired) electrons. The Morgan fingerprint density at radius 2 is 2.00 bits per heavy atom. The Hall–Kier alpha value is -2.17. The normalized spacial score (nSPS) is 11.2. The average molecular weight is 264 g/mol. The molecule has 1 rings (SSSR count). The Balaban J connectivity index is 3.04. The molecule has 0 fully saturated rings. The second kappa shape index (κ2) is 5.00. The van der Waals surface area contributed by atoms with E-state index in [9.17, 15) is 26.7 Å². The van der Waals surface area contributed by atoms with Crippen molar-refractivity contribution in [1.82, 2.24) is 0 Å². The molecule has 0 aromatic heterocycles. The molecule has 1 amide bonds. The molecular weight excluding hydrogens is 259 g/mol. The zero-order chi connectivity index (χ0) is 13.9. The van der Waals surface area contributed by atoms with Crippen LogP contribution in [-0.4, -0.2) is 18.3 Å². The maximum atomic E-state index is 13.0. The van der Waals surface area contributed by atoms with Gasteiger partial charge in [0.25, 0.3) is 0 Å². The minimum atomic E-state index is -4.92. The summed E-state index contributed by atoms with van der Waals surface area (Å²) in [6.07, 6.45) is -4.20. The van der Waals surface area contributed by atoms with Crippen molar-refractivity contribution in [2.24, 2.45) is 0 Å². The zero-order valence-corrected chi connectivity index (χ0v) is 8.55. The van der Waals surface area contributed by atoms with E-state index >= 15 is 0 Å². The van der Waals surface area contributed by atoms with E-state index in [2.05, 4.69) is 0 Å². The minimum Gasteiger partial charge on any atom is -0.319 e. The lowest BCUT2D eigenvalue weighted by Gasteiger charge is -2.15. The van der Waals surface area contributed by atoms with Crippen molar-refractivity contribution in [3.05, 3.63) is 29.6 Å². The smallest absolute Gasteiger partial charge is 0.319 e. The Bertz CT molecular complexity index is 509. The average Bonchev–Trinajstić information content (AvgIpc) is 2.29. The molecule has 8 heteroatoms. The number of hydrogen-bond acceptors (Lipinski definition) is 2. The maximum Gasteiger partial charge on any atom is 0.383 e. The Kier molecular flexibility index (Phi) is 3.86. The summed E-state index contributed by atoms with van der Waals surface area (Å²) in [5, 5.41) is 9.94. The molecular formula is C10H5F5N2O. The first-order valence-electron chi connectivity index (χ1n) is 4.46. The molecule has 0 aliphatic carbocycles. The van der Waals surface area contributed by atoms with Gasteiger partial charge in [-0.1, -0.05) is 6.07 Å². The topological polar surface area (TPSA) is 52.9 Å². The van der Waals surface area contributed by atoms with Crippen LogP contribution >= 0.6 is 0 Å². The monoisotopic (exact) mass is 264 g/mol. The Morgan fingerprint density at radius 1 is 1.39 bits per heavy atom. The SMILES string of the molecule is N#Cc1c(F)cccc1NC(=O)C(F)(F)C(F)F. The molecule has 1 aromatic carbocycles. The summed E-state index contributed by atoms with van der Waals surface area (Å²) in [6, 6.07) is 4.17. The number of halogens is 5. The first-order chi connectivity index (χ1) is 8.30. The van der Waals surface area contributed by atoms with Gasteiger partial charge in [0.2, 0.25) is 0 Å². The highest BCUT2D eigenvalue weighted by Gasteiger charge is 2.49. The van der Waals surface area contributed by atoms with E-state index in [1.807, 2.05) is 0 Å². The number of benzene rings is 1. The van der Waals surface area contributed by atoms with E-state index in [-0.39, 0.29) is 0 Å². The molecule has 0 bridgehead atoms. The molecule has 1 N–H and O–H groups in total. The quantitative estimate of drug-likeness (QED) is 0.853. The molecule has 0 heterocycles. The van der Waals surface area contributed by atoms with Gasteiger partial charge in [0.1, 0.15) is 17.4 Å². The standard InChI is InChI=1S/C10H5F5N2O/c11-6-2-1-3-7(5(6)4-16)17-9(18)10(14,15)8(12)13/h1-3,8H,(H,17,18). The van der Waals surface area contributed by atoms with Crippen LogP contribution in [0.4, 0.5) is 27.6 Å². The van der Waals surface area contributed by atoms with Crippen LogP contribution in [-0.2, 0) is 4.79 Å². The first kappa shape index (κ1) is 13.9. The fraction of sp³-hybridized carbons (Fsp3) is 0.200. The molecule has 1 aromatic rings. The lowest BCUT2D eigenvalue weighted by Crippen LogP contribution is -2.41. The van der Waals surface area contributed by atoms with Crippen molar-refractivity contribution < 1.29 is 26.7 Å². The van der Waals surface area contributed by atoms with E-state index in [1.165, 1.54) is 11.4 Å². The van der Waals surface area contributed by atoms with Crippen molar-refractivity contribution in [3.63, 3.8) is 0 Å². The van der Waals surface area contributed by atoms with Crippen LogP contribution in [0.2, 0.25) is 0 Å². The van der Waals surface area contributed by atoms with E-state index in [4.69, 9.17) is 5.26 Å². The van der Waals surface area contributed by atoms with Gasteiger partial charge in [-0.2, -0.15) is 14.0 Å². The van der Waals surface area contributed by atoms with Crippen molar-refractivity contribution in [3.8, 4) is 6.07 Å². The number of alkyl halides is 4. The van der Waals surface area contributed by atoms with Crippen molar-refractivity contribution >= 4 is 11.6 Å². The van der Waals surface area contributed by atoms with Crippen LogP contribution in [0, 0.1) is 17.1 Å². The summed E-state index contributed by atoms with van der Waals surface area (Å²) < 4.78 is 62.0. The van der Waals surface area contributed by atoms with Gasteiger partial charge >= 0.3 is 18.3 Å². The first-order valence-corrected chi connectivity index (χ1v) is 4.46. The van der Waals surface area contributed by atoms with Crippen LogP contribution in [0.25, 0.3) is 0 Å². The van der Waals surface area contributed by atoms with E-state index in [1.54, 1.807) is 0 Å². The molecule has 0 aliphatic heterocycles. The molecule has 0 unspecified atom stereocenters. The highest BCUT2D eigenvalue weighted by molar-refractivity contribution is 5.97. The van der Waals surface area contributed by atoms with Crippen LogP contribution < -0.4 is 5.32 Å². The number of nitrogens with zero attached hydrogens (tertiary/aromatic N) is 1. The van der Waals surface area contributed by atoms with Crippen LogP contribution in [0.5, 0.6) is 0 Å². The Morgan fingerprint density at radius 3 is 2.50 bits per heavy atom. The van der Waals surface area contributed by atoms with Crippen molar-refractivity contribution in [2.75, 3.05) is 5.32 Å². The second-order valence-corrected chi connectivity index (χ2v) is 3.15. The van der Waals surface area contributed by atoms with Gasteiger partial charge in [0.15, 0.2) is 0 Å². The number of nitriles is 1. The fourth-order valence-corrected chi connectivity index (χ4v) is 1.05. The van der Waals surface area contributed by atoms with Gasteiger partial charge in [-0.05, 0) is 12.1 Å². The summed E-state index contributed by atoms with van der Waals surface area (Å²) in [5.41, 5.74) is -1.31. The fourth-order valence-electron chi connectivity index (χ4n) is 1.05. The number of carbonyl (C=O) groups is 1. The molecule has 0 atom stereocenters. The zero-order valence-electron chi connectivity index (χ0n) is 8.55. The summed E-state index contributed by atoms with van der Waals surface area (Å²) in [6.45, 7) is 0. The summed E-state index contributed by atoms with van der Waals surface area (Å²) >= 11 is 0. The predicted octanol–water partition coefficient (Wildman–Crippen LogP) is 2.54. The Labute approximate surface area is 97.8 Å². The predicted molar refractivity (Wildman–Crippen MR) is 50.7 cm³/mol. The van der Waals surface area contributed by atoms with Gasteiger partial charge in [-0.15, -0.1) is 0 Å². The molecule has 96 valence electrons. The number of anilines is 1. The van der Waals surface area contributed by atoms with Gasteiger partial charge < -0.3 is 5.32 Å². The van der Waals surface area contributed by atoms with Gasteiger partial charge in [0, 0.05) is 0 Å². The third-order valence-electron chi connectivity index (χ3n) is 1.95. The van der Waals surface area contributed by atoms with Crippen molar-refractivity contribution in [2.45, 2.75) is 12.3 Å². The van der Waals surface area contributed by atoms with Crippen LogP contribution in [0.3, 0.4) is 0 Å². The van der Waals surface area contributed by atoms with Gasteiger partial charge in [-0.25, -0.2) is 13.2 Å². The number of amides is 1. The lowest BCUT2D eigenvalue weighted by atomic mass is 10.1. The number of rotatable bonds is 3. The number of nitrogens with one attached hydrogen (secondary N) is 1. The molecule has 0 saturated heterocycles. The van der Waals surface area contributed by atoms with Crippen molar-refractivity contribution in [1.29, 1.82) is 5.26 Å². The van der Waals surface area contributed by atoms with Crippen LogP contribution in [0.1, 0.15) is 5.56 Å². The van der Waals surface area contributed by atoms with Gasteiger partial charge in [-0.3, -0.25) is 4.79 Å². The van der Waals surface area contributed by atoms with E-state index in [0.29, 0.717) is 0 Å². The highest BCUT2D eigenvalue weighted by Crippen LogP contribution is 2.26. The van der Waals surface area contributed by atoms with E-state index in [0.717, 1.165) is 18.2 Å². The molecule has 0 aliphatic rings. The number of hydrogen-bond donors (Lipinski definition) is 1. The van der Waals surface area contributed by atoms with Crippen LogP contribution in [0.15, 0.2) is 18.2 Å². The summed E-state index contributed by atoms with van der Waals surface area (Å²) in [4.78, 5) is 10.9. The minimum absolute atomic E-state index is 0.595. The largest absolute Gasteiger partial charge is 0.383 e.